The molecule has 2 rings (SSSR count). The van der Waals surface area contributed by atoms with E-state index in [2.05, 4.69) is 30.2 Å². The highest BCUT2D eigenvalue weighted by Crippen LogP contribution is 2.38. The number of pyridine rings is 1. The molecule has 1 heterocycles. The predicted molar refractivity (Wildman–Crippen MR) is 90.7 cm³/mol. The molecule has 1 saturated carbocycles. The van der Waals surface area contributed by atoms with Gasteiger partial charge in [-0.15, -0.1) is 0 Å². The standard InChI is InChI=1S/C18H29ClN2/c1-3-5-14-6-7-16(12-20-4-2)17(10-14)11-15-8-9-21-13-18(15)19/h8-9,13-14,16-17,20H,3-7,10-12H2,1-2H3. The molecule has 3 unspecified atom stereocenters. The molecule has 1 aliphatic rings. The molecule has 0 aromatic carbocycles. The van der Waals surface area contributed by atoms with Gasteiger partial charge in [0.1, 0.15) is 0 Å². The molecular weight excluding hydrogens is 280 g/mol. The summed E-state index contributed by atoms with van der Waals surface area (Å²) in [7, 11) is 0. The van der Waals surface area contributed by atoms with E-state index in [0.717, 1.165) is 42.3 Å². The van der Waals surface area contributed by atoms with Crippen molar-refractivity contribution < 1.29 is 0 Å². The molecule has 1 aliphatic carbocycles. The first-order valence-corrected chi connectivity index (χ1v) is 8.91. The number of nitrogens with one attached hydrogen (secondary N) is 1. The smallest absolute Gasteiger partial charge is 0.0621 e. The van der Waals surface area contributed by atoms with Crippen molar-refractivity contribution in [1.29, 1.82) is 0 Å². The van der Waals surface area contributed by atoms with Crippen LogP contribution < -0.4 is 5.32 Å². The third kappa shape index (κ3) is 4.96. The summed E-state index contributed by atoms with van der Waals surface area (Å²) in [5.41, 5.74) is 1.27. The highest BCUT2D eigenvalue weighted by Gasteiger charge is 2.30. The molecule has 0 spiro atoms. The van der Waals surface area contributed by atoms with Gasteiger partial charge in [0.25, 0.3) is 0 Å². The maximum Gasteiger partial charge on any atom is 0.0621 e. The Balaban J connectivity index is 2.03. The first-order valence-electron chi connectivity index (χ1n) is 8.53. The summed E-state index contributed by atoms with van der Waals surface area (Å²) < 4.78 is 0. The van der Waals surface area contributed by atoms with Crippen molar-refractivity contribution in [2.24, 2.45) is 17.8 Å². The van der Waals surface area contributed by atoms with Crippen molar-refractivity contribution in [2.75, 3.05) is 13.1 Å². The van der Waals surface area contributed by atoms with Gasteiger partial charge in [-0.2, -0.15) is 0 Å². The number of rotatable bonds is 7. The second kappa shape index (κ2) is 8.75. The van der Waals surface area contributed by atoms with Gasteiger partial charge in [0, 0.05) is 12.4 Å². The minimum absolute atomic E-state index is 0.759. The number of nitrogens with zero attached hydrogens (tertiary/aromatic N) is 1. The quantitative estimate of drug-likeness (QED) is 0.788. The van der Waals surface area contributed by atoms with Gasteiger partial charge in [-0.25, -0.2) is 0 Å². The molecule has 1 N–H and O–H groups in total. The lowest BCUT2D eigenvalue weighted by Gasteiger charge is -2.36. The van der Waals surface area contributed by atoms with Crippen molar-refractivity contribution >= 4 is 11.6 Å². The number of aromatic nitrogens is 1. The Kier molecular flexibility index (Phi) is 6.98. The lowest BCUT2D eigenvalue weighted by Crippen LogP contribution is -2.34. The van der Waals surface area contributed by atoms with Gasteiger partial charge in [0.15, 0.2) is 0 Å². The van der Waals surface area contributed by atoms with E-state index in [0.29, 0.717) is 0 Å². The third-order valence-corrected chi connectivity index (χ3v) is 5.28. The molecule has 1 fully saturated rings. The van der Waals surface area contributed by atoms with Gasteiger partial charge < -0.3 is 5.32 Å². The zero-order chi connectivity index (χ0) is 15.1. The highest BCUT2D eigenvalue weighted by molar-refractivity contribution is 6.31. The van der Waals surface area contributed by atoms with Crippen molar-refractivity contribution in [3.63, 3.8) is 0 Å². The fourth-order valence-electron chi connectivity index (χ4n) is 3.79. The molecule has 1 aromatic heterocycles. The van der Waals surface area contributed by atoms with Crippen LogP contribution in [0.1, 0.15) is 51.5 Å². The van der Waals surface area contributed by atoms with Crippen molar-refractivity contribution in [3.05, 3.63) is 29.0 Å². The Hall–Kier alpha value is -0.600. The average Bonchev–Trinajstić information content (AvgIpc) is 2.49. The number of hydrogen-bond acceptors (Lipinski definition) is 2. The summed E-state index contributed by atoms with van der Waals surface area (Å²) in [6.07, 6.45) is 11.6. The van der Waals surface area contributed by atoms with Gasteiger partial charge >= 0.3 is 0 Å². The maximum atomic E-state index is 6.31. The maximum absolute atomic E-state index is 6.31. The largest absolute Gasteiger partial charge is 0.317 e. The second-order valence-electron chi connectivity index (χ2n) is 6.47. The van der Waals surface area contributed by atoms with E-state index in [1.165, 1.54) is 37.7 Å². The first kappa shape index (κ1) is 16.8. The molecule has 0 aliphatic heterocycles. The highest BCUT2D eigenvalue weighted by atomic mass is 35.5. The molecule has 21 heavy (non-hydrogen) atoms. The van der Waals surface area contributed by atoms with Crippen LogP contribution in [0.2, 0.25) is 5.02 Å². The Morgan fingerprint density at radius 3 is 2.86 bits per heavy atom. The van der Waals surface area contributed by atoms with Gasteiger partial charge in [-0.1, -0.05) is 44.7 Å². The van der Waals surface area contributed by atoms with Crippen LogP contribution >= 0.6 is 11.6 Å². The summed E-state index contributed by atoms with van der Waals surface area (Å²) in [6.45, 7) is 6.72. The zero-order valence-corrected chi connectivity index (χ0v) is 14.2. The summed E-state index contributed by atoms with van der Waals surface area (Å²) in [5.74, 6) is 2.47. The molecule has 2 nitrogen and oxygen atoms in total. The van der Waals surface area contributed by atoms with Crippen LogP contribution in [0.4, 0.5) is 0 Å². The van der Waals surface area contributed by atoms with Crippen LogP contribution in [0.15, 0.2) is 18.5 Å². The molecule has 0 saturated heterocycles. The number of hydrogen-bond donors (Lipinski definition) is 1. The van der Waals surface area contributed by atoms with Crippen LogP contribution in [-0.4, -0.2) is 18.1 Å². The molecule has 0 amide bonds. The molecule has 3 heteroatoms. The molecule has 0 radical (unpaired) electrons. The average molecular weight is 309 g/mol. The van der Waals surface area contributed by atoms with Gasteiger partial charge in [0.2, 0.25) is 0 Å². The second-order valence-corrected chi connectivity index (χ2v) is 6.87. The van der Waals surface area contributed by atoms with Gasteiger partial charge in [-0.05, 0) is 61.7 Å². The van der Waals surface area contributed by atoms with Crippen LogP contribution in [0.25, 0.3) is 0 Å². The zero-order valence-electron chi connectivity index (χ0n) is 13.4. The predicted octanol–water partition coefficient (Wildman–Crippen LogP) is 4.72. The molecular formula is C18H29ClN2. The topological polar surface area (TPSA) is 24.9 Å². The van der Waals surface area contributed by atoms with Crippen LogP contribution in [0, 0.1) is 17.8 Å². The lowest BCUT2D eigenvalue weighted by atomic mass is 9.70. The van der Waals surface area contributed by atoms with Crippen LogP contribution in [-0.2, 0) is 6.42 Å². The summed E-state index contributed by atoms with van der Waals surface area (Å²) >= 11 is 6.31. The van der Waals surface area contributed by atoms with E-state index in [9.17, 15) is 0 Å². The van der Waals surface area contributed by atoms with E-state index in [1.807, 2.05) is 6.20 Å². The van der Waals surface area contributed by atoms with Crippen molar-refractivity contribution in [2.45, 2.75) is 52.4 Å². The van der Waals surface area contributed by atoms with E-state index >= 15 is 0 Å². The van der Waals surface area contributed by atoms with E-state index in [4.69, 9.17) is 11.6 Å². The monoisotopic (exact) mass is 308 g/mol. The van der Waals surface area contributed by atoms with Crippen LogP contribution in [0.5, 0.6) is 0 Å². The Morgan fingerprint density at radius 1 is 1.29 bits per heavy atom. The first-order chi connectivity index (χ1) is 10.2. The molecule has 3 atom stereocenters. The van der Waals surface area contributed by atoms with Gasteiger partial charge in [-0.3, -0.25) is 4.98 Å². The Bertz CT molecular complexity index is 421. The molecule has 0 bridgehead atoms. The minimum atomic E-state index is 0.759. The SMILES string of the molecule is CCCC1CCC(CNCC)C(Cc2ccncc2Cl)C1. The van der Waals surface area contributed by atoms with Crippen molar-refractivity contribution in [1.82, 2.24) is 10.3 Å². The number of halogens is 1. The van der Waals surface area contributed by atoms with E-state index < -0.39 is 0 Å². The Morgan fingerprint density at radius 2 is 2.14 bits per heavy atom. The normalized spacial score (nSPS) is 26.0. The van der Waals surface area contributed by atoms with Crippen molar-refractivity contribution in [3.8, 4) is 0 Å². The van der Waals surface area contributed by atoms with Gasteiger partial charge in [0.05, 0.1) is 5.02 Å². The summed E-state index contributed by atoms with van der Waals surface area (Å²) in [4.78, 5) is 4.11. The van der Waals surface area contributed by atoms with E-state index in [-0.39, 0.29) is 0 Å². The summed E-state index contributed by atoms with van der Waals surface area (Å²) in [5, 5.41) is 4.38. The fourth-order valence-corrected chi connectivity index (χ4v) is 3.99. The molecule has 1 aromatic rings. The Labute approximate surface area is 134 Å². The lowest BCUT2D eigenvalue weighted by molar-refractivity contribution is 0.168. The van der Waals surface area contributed by atoms with E-state index in [1.54, 1.807) is 6.20 Å². The molecule has 118 valence electrons. The minimum Gasteiger partial charge on any atom is -0.317 e. The van der Waals surface area contributed by atoms with Crippen LogP contribution in [0.3, 0.4) is 0 Å². The third-order valence-electron chi connectivity index (χ3n) is 4.94. The fraction of sp³-hybridized carbons (Fsp3) is 0.722. The summed E-state index contributed by atoms with van der Waals surface area (Å²) in [6, 6.07) is 2.09.